The molecule has 0 saturated heterocycles. The van der Waals surface area contributed by atoms with Gasteiger partial charge in [-0.25, -0.2) is 4.79 Å². The summed E-state index contributed by atoms with van der Waals surface area (Å²) in [6, 6.07) is 0. The Balaban J connectivity index is 3.65. The number of aliphatic carboxylic acids is 1. The van der Waals surface area contributed by atoms with Crippen LogP contribution in [0.3, 0.4) is 0 Å². The lowest BCUT2D eigenvalue weighted by Gasteiger charge is -2.19. The summed E-state index contributed by atoms with van der Waals surface area (Å²) in [5.74, 6) is -2.64. The summed E-state index contributed by atoms with van der Waals surface area (Å²) < 4.78 is 0. The lowest BCUT2D eigenvalue weighted by Crippen LogP contribution is -2.26. The van der Waals surface area contributed by atoms with Gasteiger partial charge in [-0.2, -0.15) is 0 Å². The van der Waals surface area contributed by atoms with Crippen LogP contribution in [0.4, 0.5) is 0 Å². The molecule has 3 N–H and O–H groups in total. The van der Waals surface area contributed by atoms with Gasteiger partial charge in [0.2, 0.25) is 0 Å². The fraction of sp³-hybridized carbons (Fsp3) is 0.650. The van der Waals surface area contributed by atoms with Gasteiger partial charge in [-0.05, 0) is 6.42 Å². The molecule has 0 aromatic carbocycles. The summed E-state index contributed by atoms with van der Waals surface area (Å²) in [4.78, 5) is 10.2. The molecular formula is C20H34O4. The average molecular weight is 338 g/mol. The number of allylic oxidation sites excluding steroid dienone is 4. The topological polar surface area (TPSA) is 77.8 Å². The molecule has 4 heteroatoms. The molecule has 138 valence electrons. The third kappa shape index (κ3) is 17.0. The fourth-order valence-electron chi connectivity index (χ4n) is 2.42. The Morgan fingerprint density at radius 1 is 0.833 bits per heavy atom. The number of unbranched alkanes of at least 4 members (excludes halogenated alkanes) is 8. The first-order valence-corrected chi connectivity index (χ1v) is 9.15. The molecule has 0 spiro atoms. The van der Waals surface area contributed by atoms with Crippen molar-refractivity contribution in [3.63, 3.8) is 0 Å². The summed E-state index contributed by atoms with van der Waals surface area (Å²) in [5, 5.41) is 28.2. The molecule has 0 aromatic rings. The molecule has 0 unspecified atom stereocenters. The van der Waals surface area contributed by atoms with E-state index in [4.69, 9.17) is 5.11 Å². The minimum absolute atomic E-state index is 0.178. The summed E-state index contributed by atoms with van der Waals surface area (Å²) in [6.45, 7) is 2.22. The molecular weight excluding hydrogens is 304 g/mol. The second kappa shape index (κ2) is 15.2. The first kappa shape index (κ1) is 22.6. The molecule has 0 radical (unpaired) electrons. The largest absolute Gasteiger partial charge is 0.478 e. The van der Waals surface area contributed by atoms with E-state index in [2.05, 4.69) is 6.92 Å². The van der Waals surface area contributed by atoms with Crippen LogP contribution >= 0.6 is 0 Å². The molecule has 0 saturated carbocycles. The summed E-state index contributed by atoms with van der Waals surface area (Å²) >= 11 is 0. The van der Waals surface area contributed by atoms with E-state index >= 15 is 0 Å². The van der Waals surface area contributed by atoms with Crippen LogP contribution in [0, 0.1) is 0 Å². The SMILES string of the molecule is CCCCCCCCCCCC(O)(O)C/C=C/C=C/C=C/C(=O)O. The molecule has 0 rings (SSSR count). The Kier molecular flexibility index (Phi) is 14.3. The second-order valence-electron chi connectivity index (χ2n) is 6.28. The highest BCUT2D eigenvalue weighted by Crippen LogP contribution is 2.18. The number of carboxylic acids is 1. The molecule has 4 nitrogen and oxygen atoms in total. The summed E-state index contributed by atoms with van der Waals surface area (Å²) in [6.07, 6.45) is 20.4. The predicted octanol–water partition coefficient (Wildman–Crippen LogP) is 4.73. The van der Waals surface area contributed by atoms with Gasteiger partial charge in [0.05, 0.1) is 0 Å². The molecule has 0 amide bonds. The van der Waals surface area contributed by atoms with Gasteiger partial charge in [0.15, 0.2) is 5.79 Å². The number of carboxylic acid groups (broad SMARTS) is 1. The van der Waals surface area contributed by atoms with Gasteiger partial charge in [-0.15, -0.1) is 0 Å². The monoisotopic (exact) mass is 338 g/mol. The van der Waals surface area contributed by atoms with Crippen LogP contribution in [-0.4, -0.2) is 27.1 Å². The maximum Gasteiger partial charge on any atom is 0.328 e. The van der Waals surface area contributed by atoms with E-state index in [-0.39, 0.29) is 6.42 Å². The number of aliphatic hydroxyl groups is 2. The smallest absolute Gasteiger partial charge is 0.328 e. The van der Waals surface area contributed by atoms with E-state index in [0.717, 1.165) is 25.3 Å². The van der Waals surface area contributed by atoms with Gasteiger partial charge in [-0.1, -0.05) is 88.7 Å². The van der Waals surface area contributed by atoms with Crippen LogP contribution in [0.1, 0.15) is 77.6 Å². The Labute approximate surface area is 146 Å². The van der Waals surface area contributed by atoms with Crippen LogP contribution in [0.15, 0.2) is 36.5 Å². The molecule has 0 aliphatic carbocycles. The zero-order chi connectivity index (χ0) is 18.1. The highest BCUT2D eigenvalue weighted by atomic mass is 16.5. The first-order chi connectivity index (χ1) is 11.5. The van der Waals surface area contributed by atoms with Gasteiger partial charge in [-0.3, -0.25) is 0 Å². The van der Waals surface area contributed by atoms with Crippen LogP contribution in [0.5, 0.6) is 0 Å². The number of hydrogen-bond donors (Lipinski definition) is 3. The summed E-state index contributed by atoms with van der Waals surface area (Å²) in [5.41, 5.74) is 0. The van der Waals surface area contributed by atoms with Crippen LogP contribution < -0.4 is 0 Å². The minimum Gasteiger partial charge on any atom is -0.478 e. The zero-order valence-corrected chi connectivity index (χ0v) is 15.0. The molecule has 24 heavy (non-hydrogen) atoms. The Bertz CT molecular complexity index is 394. The molecule has 0 aromatic heterocycles. The van der Waals surface area contributed by atoms with Gasteiger partial charge in [0.1, 0.15) is 0 Å². The standard InChI is InChI=1S/C20H34O4/c1-2-3-4-5-6-7-8-11-14-17-20(23,24)18-15-12-9-10-13-16-19(21)22/h9-10,12-13,15-16,23-24H,2-8,11,14,17-18H2,1H3,(H,21,22)/b10-9+,15-12+,16-13+. The molecule has 0 bridgehead atoms. The van der Waals surface area contributed by atoms with Crippen molar-refractivity contribution in [3.05, 3.63) is 36.5 Å². The maximum atomic E-state index is 10.2. The van der Waals surface area contributed by atoms with E-state index in [1.165, 1.54) is 44.6 Å². The van der Waals surface area contributed by atoms with Crippen molar-refractivity contribution in [1.29, 1.82) is 0 Å². The number of hydrogen-bond acceptors (Lipinski definition) is 3. The maximum absolute atomic E-state index is 10.2. The Morgan fingerprint density at radius 3 is 1.96 bits per heavy atom. The van der Waals surface area contributed by atoms with Crippen molar-refractivity contribution in [2.75, 3.05) is 0 Å². The molecule has 0 aliphatic heterocycles. The van der Waals surface area contributed by atoms with Gasteiger partial charge < -0.3 is 15.3 Å². The van der Waals surface area contributed by atoms with Gasteiger partial charge >= 0.3 is 5.97 Å². The van der Waals surface area contributed by atoms with Crippen molar-refractivity contribution in [3.8, 4) is 0 Å². The van der Waals surface area contributed by atoms with Crippen LogP contribution in [0.25, 0.3) is 0 Å². The van der Waals surface area contributed by atoms with Gasteiger partial charge in [0, 0.05) is 18.9 Å². The van der Waals surface area contributed by atoms with Crippen molar-refractivity contribution in [1.82, 2.24) is 0 Å². The third-order valence-electron chi connectivity index (χ3n) is 3.83. The molecule has 0 heterocycles. The van der Waals surface area contributed by atoms with Crippen LogP contribution in [-0.2, 0) is 4.79 Å². The van der Waals surface area contributed by atoms with Crippen molar-refractivity contribution in [2.45, 2.75) is 83.3 Å². The predicted molar refractivity (Wildman–Crippen MR) is 98.7 cm³/mol. The van der Waals surface area contributed by atoms with Crippen molar-refractivity contribution >= 4 is 5.97 Å². The first-order valence-electron chi connectivity index (χ1n) is 9.15. The van der Waals surface area contributed by atoms with E-state index in [9.17, 15) is 15.0 Å². The minimum atomic E-state index is -1.65. The van der Waals surface area contributed by atoms with Crippen molar-refractivity contribution in [2.24, 2.45) is 0 Å². The Hall–Kier alpha value is -1.39. The Morgan fingerprint density at radius 2 is 1.38 bits per heavy atom. The van der Waals surface area contributed by atoms with Crippen molar-refractivity contribution < 1.29 is 20.1 Å². The van der Waals surface area contributed by atoms with E-state index < -0.39 is 11.8 Å². The quantitative estimate of drug-likeness (QED) is 0.174. The van der Waals surface area contributed by atoms with E-state index in [0.29, 0.717) is 6.42 Å². The average Bonchev–Trinajstić information content (AvgIpc) is 2.52. The van der Waals surface area contributed by atoms with Gasteiger partial charge in [0.25, 0.3) is 0 Å². The third-order valence-corrected chi connectivity index (χ3v) is 3.83. The lowest BCUT2D eigenvalue weighted by atomic mass is 10.0. The van der Waals surface area contributed by atoms with E-state index in [1.807, 2.05) is 0 Å². The second-order valence-corrected chi connectivity index (χ2v) is 6.28. The molecule has 0 fully saturated rings. The van der Waals surface area contributed by atoms with E-state index in [1.54, 1.807) is 24.3 Å². The van der Waals surface area contributed by atoms with Crippen LogP contribution in [0.2, 0.25) is 0 Å². The zero-order valence-electron chi connectivity index (χ0n) is 15.0. The summed E-state index contributed by atoms with van der Waals surface area (Å²) in [7, 11) is 0. The molecule has 0 aliphatic rings. The lowest BCUT2D eigenvalue weighted by molar-refractivity contribution is -0.163. The fourth-order valence-corrected chi connectivity index (χ4v) is 2.42. The molecule has 0 atom stereocenters. The normalized spacial score (nSPS) is 12.8. The highest BCUT2D eigenvalue weighted by molar-refractivity contribution is 5.80. The number of carbonyl (C=O) groups is 1. The highest BCUT2D eigenvalue weighted by Gasteiger charge is 2.19. The number of rotatable bonds is 15.